The molecule has 3 rings (SSSR count). The zero-order chi connectivity index (χ0) is 16.6. The molecule has 0 radical (unpaired) electrons. The van der Waals surface area contributed by atoms with Crippen LogP contribution in [0.15, 0.2) is 24.3 Å². The summed E-state index contributed by atoms with van der Waals surface area (Å²) in [5.41, 5.74) is 8.05. The van der Waals surface area contributed by atoms with E-state index < -0.39 is 5.82 Å². The van der Waals surface area contributed by atoms with Gasteiger partial charge in [0.15, 0.2) is 0 Å². The number of rotatable bonds is 3. The average Bonchev–Trinajstić information content (AvgIpc) is 3.13. The maximum atomic E-state index is 14.5. The molecule has 130 valence electrons. The molecule has 7 heteroatoms. The standard InChI is InChI=1S/C17H21FN4O.ClH/c1-11-7-12(2)22(20-11)16-4-3-14(8-15(16)18)17(23)21-6-5-13(9-19)10-21;/h3-4,7-8,13H,5-6,9-10,19H2,1-2H3;1H. The Morgan fingerprint density at radius 2 is 2.12 bits per heavy atom. The van der Waals surface area contributed by atoms with E-state index >= 15 is 0 Å². The third-order valence-electron chi connectivity index (χ3n) is 4.34. The molecule has 0 bridgehead atoms. The van der Waals surface area contributed by atoms with E-state index in [1.165, 1.54) is 6.07 Å². The summed E-state index contributed by atoms with van der Waals surface area (Å²) in [4.78, 5) is 14.2. The van der Waals surface area contributed by atoms with Crippen LogP contribution in [0.2, 0.25) is 0 Å². The van der Waals surface area contributed by atoms with Crippen molar-refractivity contribution in [2.45, 2.75) is 20.3 Å². The number of likely N-dealkylation sites (tertiary alicyclic amines) is 1. The molecule has 2 N–H and O–H groups in total. The smallest absolute Gasteiger partial charge is 0.253 e. The summed E-state index contributed by atoms with van der Waals surface area (Å²) in [7, 11) is 0. The van der Waals surface area contributed by atoms with Crippen LogP contribution >= 0.6 is 12.4 Å². The lowest BCUT2D eigenvalue weighted by Gasteiger charge is -2.17. The molecule has 1 aromatic carbocycles. The van der Waals surface area contributed by atoms with Gasteiger partial charge in [-0.2, -0.15) is 5.10 Å². The summed E-state index contributed by atoms with van der Waals surface area (Å²) in [5, 5.41) is 4.28. The van der Waals surface area contributed by atoms with Crippen molar-refractivity contribution < 1.29 is 9.18 Å². The average molecular weight is 353 g/mol. The number of carbonyl (C=O) groups excluding carboxylic acids is 1. The van der Waals surface area contributed by atoms with Crippen LogP contribution in [-0.2, 0) is 0 Å². The van der Waals surface area contributed by atoms with Crippen LogP contribution in [-0.4, -0.2) is 40.2 Å². The molecule has 1 atom stereocenters. The molecule has 1 aliphatic rings. The summed E-state index contributed by atoms with van der Waals surface area (Å²) >= 11 is 0. The van der Waals surface area contributed by atoms with Gasteiger partial charge in [-0.25, -0.2) is 9.07 Å². The van der Waals surface area contributed by atoms with E-state index in [-0.39, 0.29) is 18.3 Å². The molecule has 2 heterocycles. The second-order valence-electron chi connectivity index (χ2n) is 6.15. The van der Waals surface area contributed by atoms with Gasteiger partial charge in [0.25, 0.3) is 5.91 Å². The molecule has 0 aliphatic carbocycles. The van der Waals surface area contributed by atoms with E-state index in [0.29, 0.717) is 36.8 Å². The molecule has 5 nitrogen and oxygen atoms in total. The molecule has 1 unspecified atom stereocenters. The Morgan fingerprint density at radius 3 is 2.67 bits per heavy atom. The number of hydrogen-bond acceptors (Lipinski definition) is 3. The van der Waals surface area contributed by atoms with Gasteiger partial charge in [-0.15, -0.1) is 12.4 Å². The second kappa shape index (κ2) is 7.32. The van der Waals surface area contributed by atoms with Crippen LogP contribution in [0.3, 0.4) is 0 Å². The Balaban J connectivity index is 0.00000208. The first-order chi connectivity index (χ1) is 11.0. The van der Waals surface area contributed by atoms with Gasteiger partial charge >= 0.3 is 0 Å². The van der Waals surface area contributed by atoms with Crippen molar-refractivity contribution >= 4 is 18.3 Å². The number of amides is 1. The van der Waals surface area contributed by atoms with Gasteiger partial charge in [0, 0.05) is 24.3 Å². The topological polar surface area (TPSA) is 64.2 Å². The number of aryl methyl sites for hydroxylation is 2. The van der Waals surface area contributed by atoms with Gasteiger partial charge in [0.1, 0.15) is 11.5 Å². The van der Waals surface area contributed by atoms with Crippen molar-refractivity contribution in [3.63, 3.8) is 0 Å². The van der Waals surface area contributed by atoms with Gasteiger partial charge in [-0.1, -0.05) is 0 Å². The van der Waals surface area contributed by atoms with Crippen LogP contribution in [0.5, 0.6) is 0 Å². The van der Waals surface area contributed by atoms with Crippen LogP contribution in [0.1, 0.15) is 28.2 Å². The molecular weight excluding hydrogens is 331 g/mol. The summed E-state index contributed by atoms with van der Waals surface area (Å²) in [6.45, 7) is 5.64. The Labute approximate surface area is 147 Å². The SMILES string of the molecule is Cc1cc(C)n(-c2ccc(C(=O)N3CCC(CN)C3)cc2F)n1.Cl. The minimum absolute atomic E-state index is 0. The third-order valence-corrected chi connectivity index (χ3v) is 4.34. The maximum Gasteiger partial charge on any atom is 0.253 e. The van der Waals surface area contributed by atoms with Gasteiger partial charge in [-0.05, 0) is 57.0 Å². The predicted molar refractivity (Wildman–Crippen MR) is 93.3 cm³/mol. The van der Waals surface area contributed by atoms with E-state index in [1.807, 2.05) is 19.9 Å². The number of carbonyl (C=O) groups is 1. The molecule has 0 saturated carbocycles. The lowest BCUT2D eigenvalue weighted by Crippen LogP contribution is -2.30. The van der Waals surface area contributed by atoms with Crippen molar-refractivity contribution in [3.8, 4) is 5.69 Å². The highest BCUT2D eigenvalue weighted by atomic mass is 35.5. The second-order valence-corrected chi connectivity index (χ2v) is 6.15. The van der Waals surface area contributed by atoms with Crippen molar-refractivity contribution in [1.82, 2.24) is 14.7 Å². The Bertz CT molecular complexity index is 746. The number of aromatic nitrogens is 2. The van der Waals surface area contributed by atoms with E-state index in [4.69, 9.17) is 5.73 Å². The van der Waals surface area contributed by atoms with Gasteiger partial charge < -0.3 is 10.6 Å². The molecular formula is C17H22ClFN4O. The van der Waals surface area contributed by atoms with Crippen LogP contribution < -0.4 is 5.73 Å². The largest absolute Gasteiger partial charge is 0.338 e. The Hall–Kier alpha value is -1.92. The van der Waals surface area contributed by atoms with Crippen molar-refractivity contribution in [2.24, 2.45) is 11.7 Å². The number of benzene rings is 1. The zero-order valence-corrected chi connectivity index (χ0v) is 14.6. The van der Waals surface area contributed by atoms with E-state index in [2.05, 4.69) is 5.10 Å². The van der Waals surface area contributed by atoms with E-state index in [1.54, 1.807) is 21.7 Å². The summed E-state index contributed by atoms with van der Waals surface area (Å²) in [5.74, 6) is -0.242. The van der Waals surface area contributed by atoms with E-state index in [0.717, 1.165) is 17.8 Å². The number of hydrogen-bond donors (Lipinski definition) is 1. The number of halogens is 2. The van der Waals surface area contributed by atoms with Gasteiger partial charge in [-0.3, -0.25) is 4.79 Å². The highest BCUT2D eigenvalue weighted by molar-refractivity contribution is 5.94. The van der Waals surface area contributed by atoms with Crippen LogP contribution in [0.4, 0.5) is 4.39 Å². The molecule has 1 aliphatic heterocycles. The normalized spacial score (nSPS) is 17.0. The molecule has 1 saturated heterocycles. The molecule has 1 fully saturated rings. The minimum Gasteiger partial charge on any atom is -0.338 e. The highest BCUT2D eigenvalue weighted by Gasteiger charge is 2.26. The maximum absolute atomic E-state index is 14.5. The van der Waals surface area contributed by atoms with Crippen molar-refractivity contribution in [3.05, 3.63) is 47.0 Å². The fourth-order valence-corrected chi connectivity index (χ4v) is 3.08. The fourth-order valence-electron chi connectivity index (χ4n) is 3.08. The minimum atomic E-state index is -0.448. The zero-order valence-electron chi connectivity index (χ0n) is 13.8. The lowest BCUT2D eigenvalue weighted by atomic mass is 10.1. The number of nitrogens with zero attached hydrogens (tertiary/aromatic N) is 3. The summed E-state index contributed by atoms with van der Waals surface area (Å²) in [6.07, 6.45) is 0.911. The summed E-state index contributed by atoms with van der Waals surface area (Å²) < 4.78 is 16.0. The fraction of sp³-hybridized carbons (Fsp3) is 0.412. The van der Waals surface area contributed by atoms with Gasteiger partial charge in [0.2, 0.25) is 0 Å². The Morgan fingerprint density at radius 1 is 1.38 bits per heavy atom. The van der Waals surface area contributed by atoms with Gasteiger partial charge in [0.05, 0.1) is 5.69 Å². The first-order valence-electron chi connectivity index (χ1n) is 7.82. The van der Waals surface area contributed by atoms with Crippen molar-refractivity contribution in [2.75, 3.05) is 19.6 Å². The molecule has 1 aromatic heterocycles. The quantitative estimate of drug-likeness (QED) is 0.923. The molecule has 2 aromatic rings. The third kappa shape index (κ3) is 3.44. The monoisotopic (exact) mass is 352 g/mol. The summed E-state index contributed by atoms with van der Waals surface area (Å²) in [6, 6.07) is 6.45. The molecule has 24 heavy (non-hydrogen) atoms. The molecule has 0 spiro atoms. The Kier molecular flexibility index (Phi) is 5.62. The van der Waals surface area contributed by atoms with Crippen LogP contribution in [0.25, 0.3) is 5.69 Å². The predicted octanol–water partition coefficient (Wildman–Crippen LogP) is 2.47. The van der Waals surface area contributed by atoms with E-state index in [9.17, 15) is 9.18 Å². The first-order valence-corrected chi connectivity index (χ1v) is 7.82. The lowest BCUT2D eigenvalue weighted by molar-refractivity contribution is 0.0787. The first kappa shape index (κ1) is 18.4. The van der Waals surface area contributed by atoms with Crippen molar-refractivity contribution in [1.29, 1.82) is 0 Å². The number of nitrogens with two attached hydrogens (primary N) is 1. The molecule has 1 amide bonds. The van der Waals surface area contributed by atoms with Crippen LogP contribution in [0, 0.1) is 25.6 Å². The highest BCUT2D eigenvalue weighted by Crippen LogP contribution is 2.21.